The molecule has 0 aliphatic carbocycles. The van der Waals surface area contributed by atoms with Crippen molar-refractivity contribution in [2.24, 2.45) is 0 Å². The number of hydrogen-bond donors (Lipinski definition) is 1. The second-order valence-corrected chi connectivity index (χ2v) is 6.37. The number of esters is 1. The van der Waals surface area contributed by atoms with Gasteiger partial charge in [0.25, 0.3) is 0 Å². The number of ether oxygens (including phenoxy) is 1. The zero-order valence-electron chi connectivity index (χ0n) is 14.3. The molecule has 0 aliphatic heterocycles. The Labute approximate surface area is 163 Å². The molecule has 140 valence electrons. The summed E-state index contributed by atoms with van der Waals surface area (Å²) in [5.74, 6) is -0.748. The monoisotopic (exact) mass is 396 g/mol. The quantitative estimate of drug-likeness (QED) is 0.417. The first-order chi connectivity index (χ1) is 13.5. The van der Waals surface area contributed by atoms with Crippen LogP contribution in [0.3, 0.4) is 0 Å². The molecule has 1 N–H and O–H groups in total. The number of phenols is 1. The van der Waals surface area contributed by atoms with Crippen molar-refractivity contribution in [3.63, 3.8) is 0 Å². The van der Waals surface area contributed by atoms with E-state index in [9.17, 15) is 14.7 Å². The summed E-state index contributed by atoms with van der Waals surface area (Å²) in [6, 6.07) is 12.5. The van der Waals surface area contributed by atoms with E-state index in [2.05, 4.69) is 5.10 Å². The lowest BCUT2D eigenvalue weighted by Crippen LogP contribution is -2.08. The molecular weight excluding hydrogens is 384 g/mol. The molecule has 7 nitrogen and oxygen atoms in total. The van der Waals surface area contributed by atoms with Crippen LogP contribution in [0.25, 0.3) is 16.7 Å². The van der Waals surface area contributed by atoms with Crippen LogP contribution in [0, 0.1) is 0 Å². The molecule has 28 heavy (non-hydrogen) atoms. The molecule has 0 atom stereocenters. The van der Waals surface area contributed by atoms with Crippen LogP contribution in [0.1, 0.15) is 15.9 Å². The number of nitrogens with zero attached hydrogens (tertiary/aromatic N) is 2. The molecule has 0 spiro atoms. The molecule has 0 amide bonds. The number of phenolic OH excluding ortho intramolecular Hbond substituents is 1. The fourth-order valence-electron chi connectivity index (χ4n) is 2.75. The van der Waals surface area contributed by atoms with E-state index in [1.54, 1.807) is 47.4 Å². The molecule has 0 radical (unpaired) electrons. The van der Waals surface area contributed by atoms with Gasteiger partial charge in [0.15, 0.2) is 0 Å². The highest BCUT2D eigenvalue weighted by Gasteiger charge is 2.13. The fraction of sp³-hybridized carbons (Fsp3) is 0.0500. The maximum absolute atomic E-state index is 12.3. The Morgan fingerprint density at radius 3 is 2.71 bits per heavy atom. The number of hydrogen-bond acceptors (Lipinski definition) is 6. The van der Waals surface area contributed by atoms with Gasteiger partial charge in [0.1, 0.15) is 17.9 Å². The predicted octanol–water partition coefficient (Wildman–Crippen LogP) is 3.69. The number of benzene rings is 2. The summed E-state index contributed by atoms with van der Waals surface area (Å²) in [4.78, 5) is 24.1. The van der Waals surface area contributed by atoms with Crippen LogP contribution >= 0.6 is 11.6 Å². The molecule has 0 fully saturated rings. The van der Waals surface area contributed by atoms with Gasteiger partial charge in [-0.15, -0.1) is 0 Å². The van der Waals surface area contributed by atoms with Gasteiger partial charge in [-0.3, -0.25) is 0 Å². The highest BCUT2D eigenvalue weighted by Crippen LogP contribution is 2.30. The van der Waals surface area contributed by atoms with Crippen LogP contribution in [0.4, 0.5) is 0 Å². The summed E-state index contributed by atoms with van der Waals surface area (Å²) < 4.78 is 12.1. The van der Waals surface area contributed by atoms with Crippen molar-refractivity contribution in [3.8, 4) is 11.4 Å². The minimum Gasteiger partial charge on any atom is -0.506 e. The number of rotatable bonds is 4. The predicted molar refractivity (Wildman–Crippen MR) is 102 cm³/mol. The van der Waals surface area contributed by atoms with E-state index in [0.717, 1.165) is 5.69 Å². The smallest absolute Gasteiger partial charge is 0.338 e. The summed E-state index contributed by atoms with van der Waals surface area (Å²) in [6.45, 7) is -0.150. The first-order valence-corrected chi connectivity index (χ1v) is 8.61. The van der Waals surface area contributed by atoms with Crippen LogP contribution in [0.5, 0.6) is 5.75 Å². The topological polar surface area (TPSA) is 94.6 Å². The Morgan fingerprint density at radius 1 is 1.21 bits per heavy atom. The Hall–Kier alpha value is -3.58. The molecule has 0 aliphatic rings. The summed E-state index contributed by atoms with van der Waals surface area (Å²) in [5.41, 5.74) is 1.13. The van der Waals surface area contributed by atoms with E-state index >= 15 is 0 Å². The van der Waals surface area contributed by atoms with E-state index in [1.165, 1.54) is 18.2 Å². The van der Waals surface area contributed by atoms with Gasteiger partial charge in [-0.1, -0.05) is 11.6 Å². The summed E-state index contributed by atoms with van der Waals surface area (Å²) in [7, 11) is 0. The largest absolute Gasteiger partial charge is 0.506 e. The highest BCUT2D eigenvalue weighted by atomic mass is 35.5. The second kappa shape index (κ2) is 7.21. The zero-order valence-corrected chi connectivity index (χ0v) is 15.1. The summed E-state index contributed by atoms with van der Waals surface area (Å²) in [6.07, 6.45) is 3.46. The van der Waals surface area contributed by atoms with Crippen molar-refractivity contribution in [2.45, 2.75) is 6.61 Å². The van der Waals surface area contributed by atoms with Crippen molar-refractivity contribution in [2.75, 3.05) is 0 Å². The minimum absolute atomic E-state index is 0.100. The number of carbonyl (C=O) groups excluding carboxylic acids is 1. The first kappa shape index (κ1) is 17.8. The molecule has 4 aromatic rings. The molecule has 2 heterocycles. The standard InChI is InChI=1S/C20H13ClN2O5/c21-16-9-15-13(8-19(25)28-18(15)10-17(16)24)11-27-20(26)12-2-4-14(5-3-12)23-7-1-6-22-23/h1-10,24H,11H2. The van der Waals surface area contributed by atoms with E-state index in [-0.39, 0.29) is 23.0 Å². The van der Waals surface area contributed by atoms with Gasteiger partial charge in [-0.25, -0.2) is 14.3 Å². The van der Waals surface area contributed by atoms with Crippen molar-refractivity contribution in [3.05, 3.63) is 87.5 Å². The summed E-state index contributed by atoms with van der Waals surface area (Å²) >= 11 is 5.93. The fourth-order valence-corrected chi connectivity index (χ4v) is 2.92. The highest BCUT2D eigenvalue weighted by molar-refractivity contribution is 6.32. The molecule has 0 saturated carbocycles. The number of halogens is 1. The lowest BCUT2D eigenvalue weighted by atomic mass is 10.1. The van der Waals surface area contributed by atoms with Gasteiger partial charge in [-0.2, -0.15) is 5.10 Å². The first-order valence-electron chi connectivity index (χ1n) is 8.24. The Bertz CT molecular complexity index is 1210. The number of aromatic nitrogens is 2. The lowest BCUT2D eigenvalue weighted by Gasteiger charge is -2.09. The average molecular weight is 397 g/mol. The molecule has 0 unspecified atom stereocenters. The Morgan fingerprint density at radius 2 is 2.00 bits per heavy atom. The maximum Gasteiger partial charge on any atom is 0.338 e. The van der Waals surface area contributed by atoms with Crippen molar-refractivity contribution >= 4 is 28.5 Å². The Balaban J connectivity index is 1.55. The van der Waals surface area contributed by atoms with Crippen molar-refractivity contribution < 1.29 is 19.1 Å². The molecule has 2 aromatic heterocycles. The van der Waals surface area contributed by atoms with Crippen molar-refractivity contribution in [1.29, 1.82) is 0 Å². The third-order valence-electron chi connectivity index (χ3n) is 4.13. The molecular formula is C20H13ClN2O5. The average Bonchev–Trinajstić information content (AvgIpc) is 3.22. The lowest BCUT2D eigenvalue weighted by molar-refractivity contribution is 0.0474. The molecule has 2 aromatic carbocycles. The van der Waals surface area contributed by atoms with Gasteiger partial charge in [0, 0.05) is 35.5 Å². The zero-order chi connectivity index (χ0) is 19.7. The van der Waals surface area contributed by atoms with E-state index in [1.807, 2.05) is 0 Å². The SMILES string of the molecule is O=C(OCc1cc(=O)oc2cc(O)c(Cl)cc12)c1ccc(-n2cccn2)cc1. The molecule has 4 rings (SSSR count). The third-order valence-corrected chi connectivity index (χ3v) is 4.43. The van der Waals surface area contributed by atoms with E-state index < -0.39 is 11.6 Å². The Kier molecular flexibility index (Phi) is 4.58. The minimum atomic E-state index is -0.621. The normalized spacial score (nSPS) is 10.9. The van der Waals surface area contributed by atoms with Crippen LogP contribution in [0.2, 0.25) is 5.02 Å². The second-order valence-electron chi connectivity index (χ2n) is 5.96. The van der Waals surface area contributed by atoms with Gasteiger partial charge in [-0.05, 0) is 36.4 Å². The maximum atomic E-state index is 12.3. The van der Waals surface area contributed by atoms with Gasteiger partial charge < -0.3 is 14.3 Å². The van der Waals surface area contributed by atoms with E-state index in [0.29, 0.717) is 16.5 Å². The van der Waals surface area contributed by atoms with Gasteiger partial charge >= 0.3 is 11.6 Å². The van der Waals surface area contributed by atoms with Crippen LogP contribution in [-0.2, 0) is 11.3 Å². The number of fused-ring (bicyclic) bond motifs is 1. The van der Waals surface area contributed by atoms with Crippen LogP contribution in [0.15, 0.2) is 70.1 Å². The number of aromatic hydroxyl groups is 1. The van der Waals surface area contributed by atoms with Gasteiger partial charge in [0.05, 0.1) is 16.3 Å². The number of carbonyl (C=O) groups is 1. The van der Waals surface area contributed by atoms with E-state index in [4.69, 9.17) is 20.8 Å². The molecule has 0 saturated heterocycles. The molecule has 8 heteroatoms. The van der Waals surface area contributed by atoms with Crippen LogP contribution in [-0.4, -0.2) is 20.9 Å². The molecule has 0 bridgehead atoms. The summed E-state index contributed by atoms with van der Waals surface area (Å²) in [5, 5.41) is 14.4. The third kappa shape index (κ3) is 3.47. The van der Waals surface area contributed by atoms with Crippen LogP contribution < -0.4 is 5.63 Å². The van der Waals surface area contributed by atoms with Crippen molar-refractivity contribution in [1.82, 2.24) is 9.78 Å². The van der Waals surface area contributed by atoms with Gasteiger partial charge in [0.2, 0.25) is 0 Å².